The first-order chi connectivity index (χ1) is 12.4. The molecule has 1 aromatic rings. The molecule has 2 fully saturated rings. The number of nitrogens with one attached hydrogen (secondary N) is 1. The van der Waals surface area contributed by atoms with Crippen molar-refractivity contribution in [2.75, 3.05) is 50.9 Å². The van der Waals surface area contributed by atoms with Crippen molar-refractivity contribution in [3.05, 3.63) is 23.9 Å². The van der Waals surface area contributed by atoms with Gasteiger partial charge in [-0.15, -0.1) is 0 Å². The number of anilines is 1. The van der Waals surface area contributed by atoms with E-state index in [0.717, 1.165) is 43.8 Å². The first kappa shape index (κ1) is 19.1. The minimum absolute atomic E-state index is 0.235. The van der Waals surface area contributed by atoms with Gasteiger partial charge < -0.3 is 15.1 Å². The highest BCUT2D eigenvalue weighted by Gasteiger charge is 2.36. The molecule has 2 saturated heterocycles. The van der Waals surface area contributed by atoms with E-state index in [2.05, 4.69) is 27.1 Å². The topological polar surface area (TPSA) is 85.8 Å². The fourth-order valence-electron chi connectivity index (χ4n) is 3.57. The van der Waals surface area contributed by atoms with Crippen molar-refractivity contribution >= 4 is 21.7 Å². The molecule has 3 rings (SSSR count). The lowest BCUT2D eigenvalue weighted by Crippen LogP contribution is -2.46. The van der Waals surface area contributed by atoms with Crippen molar-refractivity contribution in [1.82, 2.24) is 19.5 Å². The van der Waals surface area contributed by atoms with E-state index in [-0.39, 0.29) is 5.91 Å². The summed E-state index contributed by atoms with van der Waals surface area (Å²) >= 11 is 0. The fraction of sp³-hybridized carbons (Fsp3) is 0.647. The maximum Gasteiger partial charge on any atom is 0.238 e. The van der Waals surface area contributed by atoms with Crippen molar-refractivity contribution < 1.29 is 13.2 Å². The average molecular weight is 382 g/mol. The van der Waals surface area contributed by atoms with Crippen LogP contribution in [0.25, 0.3) is 0 Å². The summed E-state index contributed by atoms with van der Waals surface area (Å²) in [7, 11) is -1.26. The third-order valence-electron chi connectivity index (χ3n) is 5.06. The van der Waals surface area contributed by atoms with Crippen LogP contribution in [-0.4, -0.2) is 80.6 Å². The summed E-state index contributed by atoms with van der Waals surface area (Å²) < 4.78 is 25.0. The molecular formula is C17H27N5O3S. The third-order valence-corrected chi connectivity index (χ3v) is 6.34. The van der Waals surface area contributed by atoms with Gasteiger partial charge in [-0.05, 0) is 26.0 Å². The number of carbonyl (C=O) groups is 1. The standard InChI is InChI=1S/C17H27N5O3S/c1-20-9-11-21(12-10-20)16-14(5-3-7-18-16)13-19-17(23)15-6-4-8-22(15)26(2,24)25/h3,5,7,15H,4,6,8-13H2,1-2H3,(H,19,23)/t15-/m1/s1. The zero-order valence-corrected chi connectivity index (χ0v) is 16.2. The van der Waals surface area contributed by atoms with Gasteiger partial charge >= 0.3 is 0 Å². The Labute approximate surface area is 155 Å². The predicted octanol–water partition coefficient (Wildman–Crippen LogP) is -0.126. The Morgan fingerprint density at radius 1 is 1.27 bits per heavy atom. The summed E-state index contributed by atoms with van der Waals surface area (Å²) in [5.41, 5.74) is 0.953. The van der Waals surface area contributed by atoms with Crippen LogP contribution in [0.3, 0.4) is 0 Å². The van der Waals surface area contributed by atoms with E-state index < -0.39 is 16.1 Å². The van der Waals surface area contributed by atoms with Crippen LogP contribution in [-0.2, 0) is 21.4 Å². The summed E-state index contributed by atoms with van der Waals surface area (Å²) in [6.07, 6.45) is 4.20. The number of hydrogen-bond donors (Lipinski definition) is 1. The maximum absolute atomic E-state index is 12.5. The monoisotopic (exact) mass is 381 g/mol. The second-order valence-electron chi connectivity index (χ2n) is 7.03. The quantitative estimate of drug-likeness (QED) is 0.765. The Balaban J connectivity index is 1.66. The summed E-state index contributed by atoms with van der Waals surface area (Å²) in [6, 6.07) is 3.22. The molecule has 0 bridgehead atoms. The van der Waals surface area contributed by atoms with Gasteiger partial charge in [0, 0.05) is 51.0 Å². The highest BCUT2D eigenvalue weighted by Crippen LogP contribution is 2.22. The Hall–Kier alpha value is -1.71. The number of amides is 1. The number of piperazine rings is 1. The second-order valence-corrected chi connectivity index (χ2v) is 8.96. The van der Waals surface area contributed by atoms with Gasteiger partial charge in [-0.2, -0.15) is 4.31 Å². The molecule has 0 aromatic carbocycles. The lowest BCUT2D eigenvalue weighted by atomic mass is 10.2. The van der Waals surface area contributed by atoms with Gasteiger partial charge in [0.15, 0.2) is 0 Å². The molecule has 1 aromatic heterocycles. The molecule has 0 unspecified atom stereocenters. The van der Waals surface area contributed by atoms with Gasteiger partial charge in [-0.3, -0.25) is 4.79 Å². The van der Waals surface area contributed by atoms with Crippen LogP contribution in [0.4, 0.5) is 5.82 Å². The van der Waals surface area contributed by atoms with E-state index >= 15 is 0 Å². The van der Waals surface area contributed by atoms with Crippen LogP contribution >= 0.6 is 0 Å². The minimum atomic E-state index is -3.36. The number of hydrogen-bond acceptors (Lipinski definition) is 6. The number of pyridine rings is 1. The molecule has 0 spiro atoms. The molecule has 0 radical (unpaired) electrons. The van der Waals surface area contributed by atoms with Crippen LogP contribution < -0.4 is 10.2 Å². The van der Waals surface area contributed by atoms with Gasteiger partial charge in [-0.1, -0.05) is 6.07 Å². The molecule has 8 nitrogen and oxygen atoms in total. The van der Waals surface area contributed by atoms with Crippen molar-refractivity contribution in [3.8, 4) is 0 Å². The van der Waals surface area contributed by atoms with E-state index in [1.54, 1.807) is 6.20 Å². The number of sulfonamides is 1. The predicted molar refractivity (Wildman–Crippen MR) is 100 cm³/mol. The third kappa shape index (κ3) is 4.33. The fourth-order valence-corrected chi connectivity index (χ4v) is 4.69. The largest absolute Gasteiger partial charge is 0.354 e. The number of rotatable bonds is 5. The molecule has 2 aliphatic heterocycles. The summed E-state index contributed by atoms with van der Waals surface area (Å²) in [6.45, 7) is 4.53. The van der Waals surface area contributed by atoms with E-state index in [9.17, 15) is 13.2 Å². The molecule has 1 N–H and O–H groups in total. The molecule has 144 valence electrons. The SMILES string of the molecule is CN1CCN(c2ncccc2CNC(=O)[C@H]2CCCN2S(C)(=O)=O)CC1. The van der Waals surface area contributed by atoms with Gasteiger partial charge in [0.05, 0.1) is 6.26 Å². The number of likely N-dealkylation sites (N-methyl/N-ethyl adjacent to an activating group) is 1. The van der Waals surface area contributed by atoms with Crippen LogP contribution in [0.5, 0.6) is 0 Å². The number of aromatic nitrogens is 1. The highest BCUT2D eigenvalue weighted by atomic mass is 32.2. The lowest BCUT2D eigenvalue weighted by Gasteiger charge is -2.34. The van der Waals surface area contributed by atoms with Crippen molar-refractivity contribution in [1.29, 1.82) is 0 Å². The van der Waals surface area contributed by atoms with Crippen LogP contribution in [0.1, 0.15) is 18.4 Å². The van der Waals surface area contributed by atoms with Crippen molar-refractivity contribution in [3.63, 3.8) is 0 Å². The van der Waals surface area contributed by atoms with Gasteiger partial charge in [-0.25, -0.2) is 13.4 Å². The zero-order valence-electron chi connectivity index (χ0n) is 15.4. The Morgan fingerprint density at radius 2 is 2.00 bits per heavy atom. The zero-order chi connectivity index (χ0) is 18.7. The second kappa shape index (κ2) is 7.89. The Kier molecular flexibility index (Phi) is 5.79. The highest BCUT2D eigenvalue weighted by molar-refractivity contribution is 7.88. The summed E-state index contributed by atoms with van der Waals surface area (Å²) in [5, 5.41) is 2.91. The summed E-state index contributed by atoms with van der Waals surface area (Å²) in [5.74, 6) is 0.661. The number of nitrogens with zero attached hydrogens (tertiary/aromatic N) is 4. The van der Waals surface area contributed by atoms with Gasteiger partial charge in [0.1, 0.15) is 11.9 Å². The van der Waals surface area contributed by atoms with E-state index in [1.165, 1.54) is 4.31 Å². The lowest BCUT2D eigenvalue weighted by molar-refractivity contribution is -0.124. The van der Waals surface area contributed by atoms with Crippen LogP contribution in [0.15, 0.2) is 18.3 Å². The van der Waals surface area contributed by atoms with E-state index in [0.29, 0.717) is 25.9 Å². The minimum Gasteiger partial charge on any atom is -0.354 e. The molecule has 1 atom stereocenters. The number of carbonyl (C=O) groups excluding carboxylic acids is 1. The van der Waals surface area contributed by atoms with Crippen LogP contribution in [0, 0.1) is 0 Å². The first-order valence-corrected chi connectivity index (χ1v) is 10.8. The Morgan fingerprint density at radius 3 is 2.69 bits per heavy atom. The van der Waals surface area contributed by atoms with Gasteiger partial charge in [0.25, 0.3) is 0 Å². The normalized spacial score (nSPS) is 22.5. The first-order valence-electron chi connectivity index (χ1n) is 8.98. The van der Waals surface area contributed by atoms with Gasteiger partial charge in [0.2, 0.25) is 15.9 Å². The molecule has 9 heteroatoms. The molecule has 26 heavy (non-hydrogen) atoms. The van der Waals surface area contributed by atoms with Crippen molar-refractivity contribution in [2.45, 2.75) is 25.4 Å². The Bertz CT molecular complexity index is 747. The molecule has 3 heterocycles. The maximum atomic E-state index is 12.5. The molecular weight excluding hydrogens is 354 g/mol. The average Bonchev–Trinajstić information content (AvgIpc) is 3.11. The van der Waals surface area contributed by atoms with E-state index in [1.807, 2.05) is 12.1 Å². The smallest absolute Gasteiger partial charge is 0.238 e. The van der Waals surface area contributed by atoms with E-state index in [4.69, 9.17) is 0 Å². The molecule has 0 aliphatic carbocycles. The van der Waals surface area contributed by atoms with Crippen LogP contribution in [0.2, 0.25) is 0 Å². The summed E-state index contributed by atoms with van der Waals surface area (Å²) in [4.78, 5) is 21.6. The molecule has 2 aliphatic rings. The van der Waals surface area contributed by atoms with Crippen molar-refractivity contribution in [2.24, 2.45) is 0 Å². The molecule has 1 amide bonds. The molecule has 0 saturated carbocycles.